The third-order valence-electron chi connectivity index (χ3n) is 7.09. The van der Waals surface area contributed by atoms with Crippen molar-refractivity contribution in [3.63, 3.8) is 0 Å². The highest BCUT2D eigenvalue weighted by molar-refractivity contribution is 14.1. The van der Waals surface area contributed by atoms with Gasteiger partial charge >= 0.3 is 0 Å². The summed E-state index contributed by atoms with van der Waals surface area (Å²) in [6, 6.07) is 17.3. The van der Waals surface area contributed by atoms with Crippen LogP contribution in [0.3, 0.4) is 0 Å². The fourth-order valence-electron chi connectivity index (χ4n) is 4.59. The second-order valence-electron chi connectivity index (χ2n) is 9.65. The Kier molecular flexibility index (Phi) is 8.74. The van der Waals surface area contributed by atoms with Gasteiger partial charge < -0.3 is 20.5 Å². The van der Waals surface area contributed by atoms with Gasteiger partial charge in [-0.2, -0.15) is 0 Å². The molecule has 1 heterocycles. The fourth-order valence-corrected chi connectivity index (χ4v) is 5.09. The zero-order valence-electron chi connectivity index (χ0n) is 21.2. The maximum absolute atomic E-state index is 13.1. The van der Waals surface area contributed by atoms with Crippen LogP contribution in [-0.4, -0.2) is 52.9 Å². The van der Waals surface area contributed by atoms with E-state index < -0.39 is 6.10 Å². The number of hydrogen-bond acceptors (Lipinski definition) is 5. The Morgan fingerprint density at radius 2 is 1.53 bits per heavy atom. The van der Waals surface area contributed by atoms with E-state index in [0.717, 1.165) is 66.3 Å². The maximum Gasteiger partial charge on any atom is 0.176 e. The molecule has 5 nitrogen and oxygen atoms in total. The second kappa shape index (κ2) is 11.8. The smallest absolute Gasteiger partial charge is 0.176 e. The van der Waals surface area contributed by atoms with Crippen molar-refractivity contribution < 1.29 is 14.2 Å². The number of rotatable bonds is 8. The lowest BCUT2D eigenvalue weighted by Gasteiger charge is -2.37. The lowest BCUT2D eigenvalue weighted by Crippen LogP contribution is -2.50. The quantitative estimate of drug-likeness (QED) is 0.210. The highest BCUT2D eigenvalue weighted by Gasteiger charge is 2.25. The summed E-state index contributed by atoms with van der Waals surface area (Å²) in [5, 5.41) is 10.8. The average Bonchev–Trinajstić information content (AvgIpc) is 2.88. The van der Waals surface area contributed by atoms with Crippen LogP contribution in [0.25, 0.3) is 0 Å². The third-order valence-corrected chi connectivity index (χ3v) is 8.18. The van der Waals surface area contributed by atoms with Crippen molar-refractivity contribution >= 4 is 34.0 Å². The summed E-state index contributed by atoms with van der Waals surface area (Å²) >= 11 is 2.18. The van der Waals surface area contributed by atoms with Crippen LogP contribution in [0.5, 0.6) is 5.75 Å². The Morgan fingerprint density at radius 1 is 0.944 bits per heavy atom. The highest BCUT2D eigenvalue weighted by atomic mass is 127. The van der Waals surface area contributed by atoms with Crippen molar-refractivity contribution in [1.82, 2.24) is 4.90 Å². The lowest BCUT2D eigenvalue weighted by molar-refractivity contribution is 0.0575. The van der Waals surface area contributed by atoms with Crippen LogP contribution in [0.15, 0.2) is 54.6 Å². The van der Waals surface area contributed by atoms with Crippen LogP contribution in [0.4, 0.5) is 15.8 Å². The Balaban J connectivity index is 1.26. The van der Waals surface area contributed by atoms with Gasteiger partial charge in [-0.3, -0.25) is 4.90 Å². The van der Waals surface area contributed by atoms with Gasteiger partial charge in [0.1, 0.15) is 17.7 Å². The number of halogens is 2. The van der Waals surface area contributed by atoms with Crippen LogP contribution >= 0.6 is 22.6 Å². The van der Waals surface area contributed by atoms with Gasteiger partial charge in [0, 0.05) is 44.1 Å². The molecule has 0 aliphatic carbocycles. The highest BCUT2D eigenvalue weighted by Crippen LogP contribution is 2.31. The van der Waals surface area contributed by atoms with Gasteiger partial charge in [-0.1, -0.05) is 24.3 Å². The topological polar surface area (TPSA) is 62.0 Å². The number of aliphatic hydroxyl groups excluding tert-OH is 1. The molecule has 0 bridgehead atoms. The number of benzene rings is 3. The zero-order chi connectivity index (χ0) is 25.8. The number of ether oxygens (including phenoxy) is 1. The Labute approximate surface area is 227 Å². The van der Waals surface area contributed by atoms with E-state index in [9.17, 15) is 9.50 Å². The molecule has 0 saturated carbocycles. The number of nitrogens with two attached hydrogens (primary N) is 1. The Hall–Kier alpha value is -2.36. The summed E-state index contributed by atoms with van der Waals surface area (Å²) in [4.78, 5) is 4.68. The van der Waals surface area contributed by atoms with E-state index in [1.807, 2.05) is 39.0 Å². The Morgan fingerprint density at radius 3 is 2.14 bits per heavy atom. The third kappa shape index (κ3) is 6.49. The summed E-state index contributed by atoms with van der Waals surface area (Å²) in [6.07, 6.45) is 0.196. The summed E-state index contributed by atoms with van der Waals surface area (Å²) in [5.41, 5.74) is 13.5. The van der Waals surface area contributed by atoms with Gasteiger partial charge in [0.25, 0.3) is 0 Å². The molecule has 1 fully saturated rings. The van der Waals surface area contributed by atoms with Crippen molar-refractivity contribution in [3.8, 4) is 5.75 Å². The normalized spacial score (nSPS) is 16.1. The van der Waals surface area contributed by atoms with Gasteiger partial charge in [0.2, 0.25) is 0 Å². The number of alkyl halides is 1. The number of β-amino-alcohol motifs (C(OH)–C–C–N with tert-alkyl or cyclic N) is 1. The first-order valence-corrected chi connectivity index (χ1v) is 13.6. The average molecular weight is 604 g/mol. The molecule has 3 aromatic rings. The van der Waals surface area contributed by atoms with E-state index >= 15 is 0 Å². The molecule has 2 atom stereocenters. The van der Waals surface area contributed by atoms with E-state index in [1.54, 1.807) is 0 Å². The number of nitrogens with zero attached hydrogens (tertiary/aromatic N) is 2. The predicted molar refractivity (Wildman–Crippen MR) is 154 cm³/mol. The van der Waals surface area contributed by atoms with Gasteiger partial charge in [-0.05, 0) is 108 Å². The van der Waals surface area contributed by atoms with E-state index in [-0.39, 0.29) is 9.93 Å². The van der Waals surface area contributed by atoms with Gasteiger partial charge in [-0.15, -0.1) is 0 Å². The molecule has 0 radical (unpaired) electrons. The number of aryl methyl sites for hydroxylation is 1. The molecule has 0 amide bonds. The summed E-state index contributed by atoms with van der Waals surface area (Å²) in [7, 11) is 0. The number of hydrogen-bond donors (Lipinski definition) is 2. The predicted octanol–water partition coefficient (Wildman–Crippen LogP) is 5.25. The van der Waals surface area contributed by atoms with Gasteiger partial charge in [-0.25, -0.2) is 4.39 Å². The van der Waals surface area contributed by atoms with Crippen molar-refractivity contribution in [2.75, 3.05) is 43.4 Å². The molecule has 1 saturated heterocycles. The summed E-state index contributed by atoms with van der Waals surface area (Å²) < 4.78 is 18.9. The standard InChI is InChI=1S/C29H35FIN3O2/c1-19-16-27(20(2)21(3)28(19)32)36-29(31)26(35)18-33-12-14-34(15-13-33)25-10-6-23(7-11-25)17-22-4-8-24(30)9-5-22/h4-11,16,26,29,35H,12-15,17-18,32H2,1-3H3/t26-,29?/m0/s1. The largest absolute Gasteiger partial charge is 0.477 e. The molecule has 192 valence electrons. The van der Waals surface area contributed by atoms with E-state index in [2.05, 4.69) is 56.7 Å². The van der Waals surface area contributed by atoms with Gasteiger partial charge in [0.15, 0.2) is 4.11 Å². The first-order chi connectivity index (χ1) is 17.2. The van der Waals surface area contributed by atoms with Gasteiger partial charge in [0.05, 0.1) is 0 Å². The van der Waals surface area contributed by atoms with E-state index in [1.165, 1.54) is 23.4 Å². The molecule has 7 heteroatoms. The van der Waals surface area contributed by atoms with Crippen molar-refractivity contribution in [2.24, 2.45) is 0 Å². The number of piperazine rings is 1. The van der Waals surface area contributed by atoms with Crippen molar-refractivity contribution in [3.05, 3.63) is 88.2 Å². The molecule has 36 heavy (non-hydrogen) atoms. The number of anilines is 2. The zero-order valence-corrected chi connectivity index (χ0v) is 23.3. The molecular weight excluding hydrogens is 568 g/mol. The molecule has 0 spiro atoms. The first kappa shape index (κ1) is 26.7. The van der Waals surface area contributed by atoms with Crippen LogP contribution < -0.4 is 15.4 Å². The molecule has 3 aromatic carbocycles. The minimum absolute atomic E-state index is 0.204. The minimum atomic E-state index is -0.597. The van der Waals surface area contributed by atoms with E-state index in [0.29, 0.717) is 6.54 Å². The van der Waals surface area contributed by atoms with Crippen molar-refractivity contribution in [1.29, 1.82) is 0 Å². The molecule has 0 aromatic heterocycles. The first-order valence-electron chi connectivity index (χ1n) is 12.4. The molecule has 3 N–H and O–H groups in total. The van der Waals surface area contributed by atoms with Crippen LogP contribution in [-0.2, 0) is 6.42 Å². The second-order valence-corrected chi connectivity index (χ2v) is 10.9. The minimum Gasteiger partial charge on any atom is -0.477 e. The summed E-state index contributed by atoms with van der Waals surface area (Å²) in [6.45, 7) is 10.1. The van der Waals surface area contributed by atoms with Crippen molar-refractivity contribution in [2.45, 2.75) is 37.4 Å². The number of nitrogen functional groups attached to an aromatic ring is 1. The lowest BCUT2D eigenvalue weighted by atomic mass is 10.0. The number of aliphatic hydroxyl groups is 1. The van der Waals surface area contributed by atoms with Crippen LogP contribution in [0.2, 0.25) is 0 Å². The molecule has 1 aliphatic heterocycles. The monoisotopic (exact) mass is 603 g/mol. The summed E-state index contributed by atoms with van der Waals surface area (Å²) in [5.74, 6) is 0.578. The Bertz CT molecular complexity index is 1160. The molecule has 1 aliphatic rings. The SMILES string of the molecule is Cc1cc(OC(I)[C@@H](O)CN2CCN(c3ccc(Cc4ccc(F)cc4)cc3)CC2)c(C)c(C)c1N. The molecule has 1 unspecified atom stereocenters. The van der Waals surface area contributed by atoms with E-state index in [4.69, 9.17) is 10.5 Å². The van der Waals surface area contributed by atoms with Crippen LogP contribution in [0.1, 0.15) is 27.8 Å². The molecular formula is C29H35FIN3O2. The molecule has 4 rings (SSSR count). The maximum atomic E-state index is 13.1. The van der Waals surface area contributed by atoms with Crippen LogP contribution in [0, 0.1) is 26.6 Å². The fraction of sp³-hybridized carbons (Fsp3) is 0.379.